The molecule has 2 heteroatoms. The summed E-state index contributed by atoms with van der Waals surface area (Å²) in [5.41, 5.74) is 6.34. The maximum Gasteiger partial charge on any atom is 0.0991 e. The Morgan fingerprint density at radius 2 is 1.81 bits per heavy atom. The van der Waals surface area contributed by atoms with E-state index in [1.807, 2.05) is 31.2 Å². The van der Waals surface area contributed by atoms with Crippen molar-refractivity contribution in [2.24, 2.45) is 4.99 Å². The van der Waals surface area contributed by atoms with Gasteiger partial charge in [-0.2, -0.15) is 5.26 Å². The van der Waals surface area contributed by atoms with Crippen LogP contribution in [0.4, 0.5) is 0 Å². The summed E-state index contributed by atoms with van der Waals surface area (Å²) in [5, 5.41) is 8.91. The molecule has 132 valence electrons. The van der Waals surface area contributed by atoms with Crippen LogP contribution in [-0.2, 0) is 6.42 Å². The maximum atomic E-state index is 8.91. The van der Waals surface area contributed by atoms with Gasteiger partial charge >= 0.3 is 0 Å². The number of allylic oxidation sites excluding steroid dienone is 3. The zero-order valence-electron chi connectivity index (χ0n) is 15.9. The molecule has 0 radical (unpaired) electrons. The summed E-state index contributed by atoms with van der Waals surface area (Å²) in [7, 11) is 0. The average Bonchev–Trinajstić information content (AvgIpc) is 2.68. The second-order valence-electron chi connectivity index (χ2n) is 6.44. The molecule has 0 heterocycles. The van der Waals surface area contributed by atoms with E-state index < -0.39 is 0 Å². The summed E-state index contributed by atoms with van der Waals surface area (Å²) in [4.78, 5) is 4.77. The van der Waals surface area contributed by atoms with E-state index in [1.54, 1.807) is 6.08 Å². The highest BCUT2D eigenvalue weighted by Gasteiger charge is 2.05. The molecule has 0 amide bonds. The van der Waals surface area contributed by atoms with Gasteiger partial charge in [0.2, 0.25) is 0 Å². The molecule has 0 aliphatic rings. The number of aryl methyl sites for hydroxylation is 1. The molecule has 2 aromatic rings. The van der Waals surface area contributed by atoms with E-state index in [-0.39, 0.29) is 6.04 Å². The minimum absolute atomic E-state index is 0.00623. The van der Waals surface area contributed by atoms with Crippen LogP contribution in [0.1, 0.15) is 55.5 Å². The van der Waals surface area contributed by atoms with Gasteiger partial charge in [0.1, 0.15) is 0 Å². The summed E-state index contributed by atoms with van der Waals surface area (Å²) in [5.74, 6) is 0. The minimum Gasteiger partial charge on any atom is -0.278 e. The molecule has 1 unspecified atom stereocenters. The molecule has 0 saturated heterocycles. The van der Waals surface area contributed by atoms with Crippen LogP contribution in [0.15, 0.2) is 72.3 Å². The van der Waals surface area contributed by atoms with Crippen molar-refractivity contribution in [1.29, 1.82) is 5.26 Å². The Balaban J connectivity index is 2.19. The normalized spacial score (nSPS) is 13.2. The fourth-order valence-corrected chi connectivity index (χ4v) is 2.81. The third-order valence-corrected chi connectivity index (χ3v) is 4.39. The highest BCUT2D eigenvalue weighted by Crippen LogP contribution is 2.20. The average molecular weight is 342 g/mol. The van der Waals surface area contributed by atoms with Gasteiger partial charge in [-0.25, -0.2) is 0 Å². The van der Waals surface area contributed by atoms with Crippen LogP contribution in [0, 0.1) is 11.3 Å². The molecule has 2 nitrogen and oxygen atoms in total. The quantitative estimate of drug-likeness (QED) is 0.544. The van der Waals surface area contributed by atoms with Crippen molar-refractivity contribution in [3.05, 3.63) is 89.5 Å². The van der Waals surface area contributed by atoms with Crippen molar-refractivity contribution in [2.75, 3.05) is 0 Å². The Morgan fingerprint density at radius 3 is 2.35 bits per heavy atom. The highest BCUT2D eigenvalue weighted by atomic mass is 14.8. The van der Waals surface area contributed by atoms with Crippen LogP contribution >= 0.6 is 0 Å². The first kappa shape index (κ1) is 19.4. The van der Waals surface area contributed by atoms with Crippen LogP contribution < -0.4 is 0 Å². The van der Waals surface area contributed by atoms with Crippen LogP contribution in [-0.4, -0.2) is 5.71 Å². The predicted molar refractivity (Wildman–Crippen MR) is 111 cm³/mol. The molecule has 0 spiro atoms. The molecule has 0 aliphatic carbocycles. The molecule has 0 fully saturated rings. The van der Waals surface area contributed by atoms with E-state index >= 15 is 0 Å². The van der Waals surface area contributed by atoms with E-state index in [0.717, 1.165) is 24.1 Å². The molecule has 0 bridgehead atoms. The van der Waals surface area contributed by atoms with Crippen LogP contribution in [0.2, 0.25) is 0 Å². The standard InChI is InChI=1S/C24H26N2/c1-5-7-20-8-12-22(13-9-20)18(3)16-24(6-2)26-19(4)23-14-10-21(17-25)11-15-23/h6,8-16,19H,2,5,7H2,1,3-4H3/b18-16+,26-24?. The van der Waals surface area contributed by atoms with Gasteiger partial charge in [0.05, 0.1) is 23.4 Å². The predicted octanol–water partition coefficient (Wildman–Crippen LogP) is 6.30. The number of hydrogen-bond donors (Lipinski definition) is 0. The summed E-state index contributed by atoms with van der Waals surface area (Å²) in [6.45, 7) is 10.2. The van der Waals surface area contributed by atoms with Gasteiger partial charge in [-0.1, -0.05) is 56.3 Å². The Kier molecular flexibility index (Phi) is 7.12. The van der Waals surface area contributed by atoms with Crippen molar-refractivity contribution in [2.45, 2.75) is 39.7 Å². The van der Waals surface area contributed by atoms with E-state index in [1.165, 1.54) is 16.7 Å². The second kappa shape index (κ2) is 9.53. The second-order valence-corrected chi connectivity index (χ2v) is 6.44. The molecule has 0 saturated carbocycles. The monoisotopic (exact) mass is 342 g/mol. The third-order valence-electron chi connectivity index (χ3n) is 4.39. The van der Waals surface area contributed by atoms with Crippen molar-refractivity contribution < 1.29 is 0 Å². The van der Waals surface area contributed by atoms with E-state index in [9.17, 15) is 0 Å². The lowest BCUT2D eigenvalue weighted by atomic mass is 10.0. The Hall–Kier alpha value is -2.92. The first-order valence-electron chi connectivity index (χ1n) is 9.05. The van der Waals surface area contributed by atoms with Gasteiger partial charge in [0, 0.05) is 0 Å². The van der Waals surface area contributed by atoms with Crippen molar-refractivity contribution in [3.63, 3.8) is 0 Å². The zero-order chi connectivity index (χ0) is 18.9. The molecule has 1 atom stereocenters. The molecular weight excluding hydrogens is 316 g/mol. The van der Waals surface area contributed by atoms with Gasteiger partial charge in [-0.3, -0.25) is 4.99 Å². The lowest BCUT2D eigenvalue weighted by Gasteiger charge is -2.09. The number of benzene rings is 2. The number of aliphatic imine (C=N–C) groups is 1. The fraction of sp³-hybridized carbons (Fsp3) is 0.250. The van der Waals surface area contributed by atoms with Gasteiger partial charge in [0.25, 0.3) is 0 Å². The smallest absolute Gasteiger partial charge is 0.0991 e. The van der Waals surface area contributed by atoms with Crippen molar-refractivity contribution >= 4 is 11.3 Å². The van der Waals surface area contributed by atoms with Gasteiger partial charge in [-0.15, -0.1) is 0 Å². The van der Waals surface area contributed by atoms with E-state index in [4.69, 9.17) is 10.3 Å². The Bertz CT molecular complexity index is 831. The SMILES string of the molecule is C=CC(/C=C(\C)c1ccc(CCC)cc1)=NC(C)c1ccc(C#N)cc1. The largest absolute Gasteiger partial charge is 0.278 e. The lowest BCUT2D eigenvalue weighted by Crippen LogP contribution is -1.97. The van der Waals surface area contributed by atoms with Gasteiger partial charge in [0.15, 0.2) is 0 Å². The van der Waals surface area contributed by atoms with Crippen molar-refractivity contribution in [1.82, 2.24) is 0 Å². The molecule has 0 aliphatic heterocycles. The summed E-state index contributed by atoms with van der Waals surface area (Å²) >= 11 is 0. The molecule has 0 N–H and O–H groups in total. The summed E-state index contributed by atoms with van der Waals surface area (Å²) in [6, 6.07) is 18.4. The minimum atomic E-state index is 0.00623. The third kappa shape index (κ3) is 5.29. The highest BCUT2D eigenvalue weighted by molar-refractivity contribution is 6.07. The van der Waals surface area contributed by atoms with Gasteiger partial charge < -0.3 is 0 Å². The molecule has 0 aromatic heterocycles. The first-order chi connectivity index (χ1) is 12.6. The van der Waals surface area contributed by atoms with Crippen LogP contribution in [0.25, 0.3) is 5.57 Å². The van der Waals surface area contributed by atoms with E-state index in [0.29, 0.717) is 5.56 Å². The van der Waals surface area contributed by atoms with E-state index in [2.05, 4.69) is 56.8 Å². The number of nitriles is 1. The number of nitrogens with zero attached hydrogens (tertiary/aromatic N) is 2. The van der Waals surface area contributed by atoms with Crippen LogP contribution in [0.3, 0.4) is 0 Å². The molecule has 26 heavy (non-hydrogen) atoms. The lowest BCUT2D eigenvalue weighted by molar-refractivity contribution is 0.822. The molecular formula is C24H26N2. The van der Waals surface area contributed by atoms with Gasteiger partial charge in [-0.05, 0) is 66.8 Å². The molecule has 2 aromatic carbocycles. The summed E-state index contributed by atoms with van der Waals surface area (Å²) in [6.07, 6.45) is 6.14. The fourth-order valence-electron chi connectivity index (χ4n) is 2.81. The molecule has 2 rings (SSSR count). The topological polar surface area (TPSA) is 36.1 Å². The summed E-state index contributed by atoms with van der Waals surface area (Å²) < 4.78 is 0. The first-order valence-corrected chi connectivity index (χ1v) is 9.05. The number of rotatable bonds is 7. The Morgan fingerprint density at radius 1 is 1.15 bits per heavy atom. The van der Waals surface area contributed by atoms with Crippen LogP contribution in [0.5, 0.6) is 0 Å². The maximum absolute atomic E-state index is 8.91. The Labute approximate surface area is 157 Å². The van der Waals surface area contributed by atoms with Crippen molar-refractivity contribution in [3.8, 4) is 6.07 Å². The number of hydrogen-bond acceptors (Lipinski definition) is 2. The zero-order valence-corrected chi connectivity index (χ0v) is 15.9.